The van der Waals surface area contributed by atoms with Gasteiger partial charge in [0.25, 0.3) is 0 Å². The minimum absolute atomic E-state index is 0.0495. The molecule has 0 fully saturated rings. The Morgan fingerprint density at radius 3 is 3.00 bits per heavy atom. The molecule has 0 aliphatic heterocycles. The van der Waals surface area contributed by atoms with Gasteiger partial charge in [-0.2, -0.15) is 5.26 Å². The van der Waals surface area contributed by atoms with Crippen LogP contribution < -0.4 is 5.32 Å². The first kappa shape index (κ1) is 18.9. The summed E-state index contributed by atoms with van der Waals surface area (Å²) in [4.78, 5) is 15.7. The fourth-order valence-electron chi connectivity index (χ4n) is 3.29. The zero-order valence-electron chi connectivity index (χ0n) is 15.0. The van der Waals surface area contributed by atoms with E-state index in [0.29, 0.717) is 23.5 Å². The van der Waals surface area contributed by atoms with Gasteiger partial charge in [-0.25, -0.2) is 0 Å². The normalized spacial score (nSPS) is 14.1. The van der Waals surface area contributed by atoms with Crippen molar-refractivity contribution in [2.45, 2.75) is 38.6 Å². The third kappa shape index (κ3) is 4.09. The summed E-state index contributed by atoms with van der Waals surface area (Å²) in [6.45, 7) is 2.73. The van der Waals surface area contributed by atoms with Crippen molar-refractivity contribution in [2.24, 2.45) is 0 Å². The Labute approximate surface area is 163 Å². The van der Waals surface area contributed by atoms with Gasteiger partial charge in [-0.1, -0.05) is 23.7 Å². The van der Waals surface area contributed by atoms with Crippen molar-refractivity contribution < 1.29 is 4.79 Å². The van der Waals surface area contributed by atoms with Gasteiger partial charge in [0.15, 0.2) is 0 Å². The number of halogens is 1. The topological polar surface area (TPSA) is 56.1 Å². The van der Waals surface area contributed by atoms with Crippen LogP contribution in [0.4, 0.5) is 5.00 Å². The average molecular weight is 388 g/mol. The van der Waals surface area contributed by atoms with Crippen molar-refractivity contribution in [1.29, 1.82) is 5.26 Å². The molecule has 1 aliphatic carbocycles. The summed E-state index contributed by atoms with van der Waals surface area (Å²) in [6, 6.07) is 10.2. The lowest BCUT2D eigenvalue weighted by Gasteiger charge is -2.25. The highest BCUT2D eigenvalue weighted by Crippen LogP contribution is 2.38. The molecule has 1 heterocycles. The monoisotopic (exact) mass is 387 g/mol. The van der Waals surface area contributed by atoms with Crippen LogP contribution in [-0.2, 0) is 17.6 Å². The van der Waals surface area contributed by atoms with Gasteiger partial charge >= 0.3 is 0 Å². The molecule has 0 bridgehead atoms. The Bertz CT molecular complexity index is 855. The summed E-state index contributed by atoms with van der Waals surface area (Å²) in [7, 11) is 2.00. The number of carbonyl (C=O) groups is 1. The summed E-state index contributed by atoms with van der Waals surface area (Å²) in [5.74, 6) is -0.0495. The zero-order valence-corrected chi connectivity index (χ0v) is 16.6. The van der Waals surface area contributed by atoms with E-state index < -0.39 is 0 Å². The number of thiophene rings is 1. The van der Waals surface area contributed by atoms with E-state index in [2.05, 4.69) is 23.2 Å². The molecule has 4 nitrogen and oxygen atoms in total. The Morgan fingerprint density at radius 1 is 1.46 bits per heavy atom. The molecule has 0 saturated carbocycles. The number of carbonyl (C=O) groups excluding carboxylic acids is 1. The Kier molecular flexibility index (Phi) is 5.98. The SMILES string of the molecule is CC(c1cccc(Cl)c1)N(C)CCC(=O)Nc1sc2c(c1C#N)CCC2. The lowest BCUT2D eigenvalue weighted by Crippen LogP contribution is -2.27. The first-order valence-corrected chi connectivity index (χ1v) is 9.99. The summed E-state index contributed by atoms with van der Waals surface area (Å²) in [5.41, 5.74) is 2.93. The van der Waals surface area contributed by atoms with E-state index >= 15 is 0 Å². The highest BCUT2D eigenvalue weighted by molar-refractivity contribution is 7.16. The molecule has 1 N–H and O–H groups in total. The minimum Gasteiger partial charge on any atom is -0.317 e. The van der Waals surface area contributed by atoms with Crippen LogP contribution in [0.2, 0.25) is 5.02 Å². The summed E-state index contributed by atoms with van der Waals surface area (Å²) >= 11 is 7.62. The molecule has 1 atom stereocenters. The number of rotatable bonds is 6. The molecule has 0 spiro atoms. The van der Waals surface area contributed by atoms with Gasteiger partial charge in [0.2, 0.25) is 5.91 Å². The maximum Gasteiger partial charge on any atom is 0.226 e. The zero-order chi connectivity index (χ0) is 18.7. The fraction of sp³-hybridized carbons (Fsp3) is 0.400. The van der Waals surface area contributed by atoms with Gasteiger partial charge in [0, 0.05) is 28.9 Å². The summed E-state index contributed by atoms with van der Waals surface area (Å²) in [6.07, 6.45) is 3.46. The number of anilines is 1. The highest BCUT2D eigenvalue weighted by atomic mass is 35.5. The molecule has 136 valence electrons. The molecule has 2 aromatic rings. The van der Waals surface area contributed by atoms with Crippen molar-refractivity contribution in [2.75, 3.05) is 18.9 Å². The number of aryl methyl sites for hydroxylation is 1. The number of nitriles is 1. The van der Waals surface area contributed by atoms with Crippen LogP contribution in [0.25, 0.3) is 0 Å². The predicted molar refractivity (Wildman–Crippen MR) is 107 cm³/mol. The lowest BCUT2D eigenvalue weighted by molar-refractivity contribution is -0.116. The fourth-order valence-corrected chi connectivity index (χ4v) is 4.75. The second-order valence-corrected chi connectivity index (χ2v) is 8.22. The van der Waals surface area contributed by atoms with E-state index in [4.69, 9.17) is 11.6 Å². The quantitative estimate of drug-likeness (QED) is 0.775. The molecule has 1 aliphatic rings. The number of hydrogen-bond donors (Lipinski definition) is 1. The average Bonchev–Trinajstić information content (AvgIpc) is 3.19. The molecule has 0 saturated heterocycles. The number of hydrogen-bond acceptors (Lipinski definition) is 4. The molecule has 1 unspecified atom stereocenters. The smallest absolute Gasteiger partial charge is 0.226 e. The summed E-state index contributed by atoms with van der Waals surface area (Å²) in [5, 5.41) is 13.8. The van der Waals surface area contributed by atoms with E-state index in [1.54, 1.807) is 11.3 Å². The van der Waals surface area contributed by atoms with Gasteiger partial charge in [-0.05, 0) is 56.5 Å². The van der Waals surface area contributed by atoms with Crippen molar-refractivity contribution in [3.8, 4) is 6.07 Å². The molecular formula is C20H22ClN3OS. The van der Waals surface area contributed by atoms with Gasteiger partial charge < -0.3 is 5.32 Å². The van der Waals surface area contributed by atoms with Crippen molar-refractivity contribution >= 4 is 33.8 Å². The van der Waals surface area contributed by atoms with Crippen LogP contribution in [0.5, 0.6) is 0 Å². The van der Waals surface area contributed by atoms with Crippen LogP contribution in [0.15, 0.2) is 24.3 Å². The van der Waals surface area contributed by atoms with Gasteiger partial charge in [0.1, 0.15) is 11.1 Å². The molecule has 1 aromatic carbocycles. The number of fused-ring (bicyclic) bond motifs is 1. The van der Waals surface area contributed by atoms with Crippen LogP contribution >= 0.6 is 22.9 Å². The van der Waals surface area contributed by atoms with E-state index in [0.717, 1.165) is 35.4 Å². The minimum atomic E-state index is -0.0495. The Morgan fingerprint density at radius 2 is 2.27 bits per heavy atom. The molecule has 1 aromatic heterocycles. The second-order valence-electron chi connectivity index (χ2n) is 6.68. The second kappa shape index (κ2) is 8.22. The van der Waals surface area contributed by atoms with Gasteiger partial charge in [-0.15, -0.1) is 11.3 Å². The maximum absolute atomic E-state index is 12.4. The van der Waals surface area contributed by atoms with E-state index in [9.17, 15) is 10.1 Å². The van der Waals surface area contributed by atoms with Crippen molar-refractivity contribution in [1.82, 2.24) is 4.90 Å². The lowest BCUT2D eigenvalue weighted by atomic mass is 10.1. The van der Waals surface area contributed by atoms with Crippen molar-refractivity contribution in [3.63, 3.8) is 0 Å². The first-order chi connectivity index (χ1) is 12.5. The number of amides is 1. The molecule has 3 rings (SSSR count). The summed E-state index contributed by atoms with van der Waals surface area (Å²) < 4.78 is 0. The third-order valence-electron chi connectivity index (χ3n) is 4.97. The number of benzene rings is 1. The van der Waals surface area contributed by atoms with Crippen LogP contribution in [0.3, 0.4) is 0 Å². The van der Waals surface area contributed by atoms with E-state index in [1.807, 2.05) is 31.3 Å². The van der Waals surface area contributed by atoms with Gasteiger partial charge in [-0.3, -0.25) is 9.69 Å². The molecule has 1 amide bonds. The Hall–Kier alpha value is -1.87. The van der Waals surface area contributed by atoms with Crippen LogP contribution in [0, 0.1) is 11.3 Å². The predicted octanol–water partition coefficient (Wildman–Crippen LogP) is 4.78. The van der Waals surface area contributed by atoms with E-state index in [-0.39, 0.29) is 11.9 Å². The molecule has 26 heavy (non-hydrogen) atoms. The molecule has 6 heteroatoms. The van der Waals surface area contributed by atoms with Gasteiger partial charge in [0.05, 0.1) is 5.56 Å². The largest absolute Gasteiger partial charge is 0.317 e. The number of nitrogens with one attached hydrogen (secondary N) is 1. The standard InChI is InChI=1S/C20H22ClN3OS/c1-13(14-5-3-6-15(21)11-14)24(2)10-9-19(25)23-20-17(12-22)16-7-4-8-18(16)26-20/h3,5-6,11,13H,4,7-10H2,1-2H3,(H,23,25). The molecule has 0 radical (unpaired) electrons. The maximum atomic E-state index is 12.4. The van der Waals surface area contributed by atoms with Crippen LogP contribution in [-0.4, -0.2) is 24.4 Å². The van der Waals surface area contributed by atoms with Crippen molar-refractivity contribution in [3.05, 3.63) is 50.9 Å². The third-order valence-corrected chi connectivity index (χ3v) is 6.41. The highest BCUT2D eigenvalue weighted by Gasteiger charge is 2.23. The van der Waals surface area contributed by atoms with Crippen LogP contribution in [0.1, 0.15) is 47.4 Å². The first-order valence-electron chi connectivity index (χ1n) is 8.79. The van der Waals surface area contributed by atoms with E-state index in [1.165, 1.54) is 4.88 Å². The molecular weight excluding hydrogens is 366 g/mol. The number of nitrogens with zero attached hydrogens (tertiary/aromatic N) is 2. The Balaban J connectivity index is 1.57.